The van der Waals surface area contributed by atoms with Crippen molar-refractivity contribution < 1.29 is 9.53 Å². The lowest BCUT2D eigenvalue weighted by Gasteiger charge is -2.26. The van der Waals surface area contributed by atoms with Crippen molar-refractivity contribution in [2.24, 2.45) is 0 Å². The van der Waals surface area contributed by atoms with Crippen molar-refractivity contribution in [3.63, 3.8) is 0 Å². The van der Waals surface area contributed by atoms with E-state index in [4.69, 9.17) is 10.5 Å². The number of amides is 1. The van der Waals surface area contributed by atoms with Crippen molar-refractivity contribution in [3.05, 3.63) is 11.8 Å². The predicted octanol–water partition coefficient (Wildman–Crippen LogP) is 1.61. The molecule has 2 rings (SSSR count). The maximum atomic E-state index is 12.0. The minimum Gasteiger partial charge on any atom is -0.444 e. The topological polar surface area (TPSA) is 73.4 Å². The molecule has 2 N–H and O–H groups in total. The number of aryl methyl sites for hydroxylation is 1. The van der Waals surface area contributed by atoms with Crippen molar-refractivity contribution in [1.29, 1.82) is 0 Å². The second-order valence-corrected chi connectivity index (χ2v) is 5.54. The lowest BCUT2D eigenvalue weighted by Crippen LogP contribution is -2.36. The van der Waals surface area contributed by atoms with Gasteiger partial charge in [0.15, 0.2) is 0 Å². The van der Waals surface area contributed by atoms with E-state index in [0.29, 0.717) is 18.9 Å². The van der Waals surface area contributed by atoms with Crippen LogP contribution in [0.15, 0.2) is 6.07 Å². The molecule has 100 valence electrons. The molecule has 0 unspecified atom stereocenters. The second-order valence-electron chi connectivity index (χ2n) is 5.54. The first-order valence-corrected chi connectivity index (χ1v) is 6.15. The van der Waals surface area contributed by atoms with Crippen molar-refractivity contribution in [2.45, 2.75) is 45.9 Å². The Labute approximate surface area is 107 Å². The number of fused-ring (bicyclic) bond motifs is 1. The molecule has 0 fully saturated rings. The van der Waals surface area contributed by atoms with Gasteiger partial charge < -0.3 is 15.4 Å². The minimum atomic E-state index is -0.470. The number of nitrogens with two attached hydrogens (primary N) is 1. The van der Waals surface area contributed by atoms with Crippen molar-refractivity contribution in [3.8, 4) is 0 Å². The molecule has 0 atom stereocenters. The first kappa shape index (κ1) is 12.7. The zero-order valence-electron chi connectivity index (χ0n) is 11.1. The highest BCUT2D eigenvalue weighted by Gasteiger charge is 2.25. The first-order chi connectivity index (χ1) is 8.35. The van der Waals surface area contributed by atoms with Gasteiger partial charge in [0.05, 0.1) is 12.2 Å². The molecule has 0 saturated carbocycles. The summed E-state index contributed by atoms with van der Waals surface area (Å²) < 4.78 is 7.24. The van der Waals surface area contributed by atoms with Crippen LogP contribution in [0.1, 0.15) is 32.9 Å². The zero-order valence-corrected chi connectivity index (χ0v) is 11.1. The first-order valence-electron chi connectivity index (χ1n) is 6.15. The minimum absolute atomic E-state index is 0.282. The van der Waals surface area contributed by atoms with Crippen molar-refractivity contribution in [1.82, 2.24) is 14.7 Å². The summed E-state index contributed by atoms with van der Waals surface area (Å²) in [5, 5.41) is 4.20. The Bertz CT molecular complexity index is 447. The van der Waals surface area contributed by atoms with Crippen LogP contribution >= 0.6 is 0 Å². The molecule has 0 aliphatic carbocycles. The smallest absolute Gasteiger partial charge is 0.410 e. The number of nitrogens with zero attached hydrogens (tertiary/aromatic N) is 3. The largest absolute Gasteiger partial charge is 0.444 e. The van der Waals surface area contributed by atoms with Crippen LogP contribution in [0, 0.1) is 0 Å². The van der Waals surface area contributed by atoms with E-state index in [2.05, 4.69) is 5.10 Å². The Morgan fingerprint density at radius 2 is 2.17 bits per heavy atom. The second kappa shape index (κ2) is 4.51. The molecule has 0 aromatic carbocycles. The SMILES string of the molecule is CC(C)(C)OC(=O)N1CCCn2nc(N)cc2C1. The van der Waals surface area contributed by atoms with E-state index in [9.17, 15) is 4.79 Å². The fraction of sp³-hybridized carbons (Fsp3) is 0.667. The summed E-state index contributed by atoms with van der Waals surface area (Å²) in [6.07, 6.45) is 0.573. The lowest BCUT2D eigenvalue weighted by atomic mass is 10.2. The molecule has 18 heavy (non-hydrogen) atoms. The predicted molar refractivity (Wildman–Crippen MR) is 67.9 cm³/mol. The normalized spacial score (nSPS) is 16.1. The Morgan fingerprint density at radius 1 is 1.44 bits per heavy atom. The summed E-state index contributed by atoms with van der Waals surface area (Å²) in [7, 11) is 0. The van der Waals surface area contributed by atoms with Crippen LogP contribution in [0.4, 0.5) is 10.6 Å². The van der Waals surface area contributed by atoms with E-state index in [1.807, 2.05) is 31.5 Å². The van der Waals surface area contributed by atoms with Crippen LogP contribution in [0.25, 0.3) is 0 Å². The quantitative estimate of drug-likeness (QED) is 0.761. The average Bonchev–Trinajstić information content (AvgIpc) is 2.43. The molecule has 2 heterocycles. The third-order valence-corrected chi connectivity index (χ3v) is 2.68. The van der Waals surface area contributed by atoms with E-state index in [1.54, 1.807) is 4.90 Å². The summed E-state index contributed by atoms with van der Waals surface area (Å²) >= 11 is 0. The number of anilines is 1. The van der Waals surface area contributed by atoms with Crippen LogP contribution in [0.3, 0.4) is 0 Å². The standard InChI is InChI=1S/C12H20N4O2/c1-12(2,3)18-11(17)15-5-4-6-16-9(8-15)7-10(13)14-16/h7H,4-6,8H2,1-3H3,(H2,13,14). The molecule has 1 aromatic heterocycles. The number of hydrogen-bond donors (Lipinski definition) is 1. The van der Waals surface area contributed by atoms with E-state index in [0.717, 1.165) is 18.7 Å². The highest BCUT2D eigenvalue weighted by atomic mass is 16.6. The third-order valence-electron chi connectivity index (χ3n) is 2.68. The number of carbonyl (C=O) groups is 1. The Balaban J connectivity index is 2.09. The number of hydrogen-bond acceptors (Lipinski definition) is 4. The van der Waals surface area contributed by atoms with Gasteiger partial charge in [-0.05, 0) is 27.2 Å². The maximum Gasteiger partial charge on any atom is 0.410 e. The fourth-order valence-corrected chi connectivity index (χ4v) is 1.97. The monoisotopic (exact) mass is 252 g/mol. The lowest BCUT2D eigenvalue weighted by molar-refractivity contribution is 0.0236. The van der Waals surface area contributed by atoms with Gasteiger partial charge in [-0.1, -0.05) is 0 Å². The zero-order chi connectivity index (χ0) is 13.3. The molecule has 0 spiro atoms. The molecule has 1 aliphatic heterocycles. The van der Waals surface area contributed by atoms with E-state index in [1.165, 1.54) is 0 Å². The molecule has 6 heteroatoms. The molecule has 1 amide bonds. The number of ether oxygens (including phenoxy) is 1. The molecule has 1 aliphatic rings. The third kappa shape index (κ3) is 2.94. The number of rotatable bonds is 0. The van der Waals surface area contributed by atoms with E-state index >= 15 is 0 Å². The van der Waals surface area contributed by atoms with E-state index < -0.39 is 5.60 Å². The molecular formula is C12H20N4O2. The van der Waals surface area contributed by atoms with Gasteiger partial charge in [-0.2, -0.15) is 5.10 Å². The summed E-state index contributed by atoms with van der Waals surface area (Å²) in [5.74, 6) is 0.496. The van der Waals surface area contributed by atoms with Crippen molar-refractivity contribution in [2.75, 3.05) is 12.3 Å². The highest BCUT2D eigenvalue weighted by molar-refractivity contribution is 5.68. The summed E-state index contributed by atoms with van der Waals surface area (Å²) in [6.45, 7) is 7.56. The average molecular weight is 252 g/mol. The Kier molecular flexibility index (Phi) is 3.19. The van der Waals surface area contributed by atoms with Crippen molar-refractivity contribution >= 4 is 11.9 Å². The van der Waals surface area contributed by atoms with Gasteiger partial charge in [0.1, 0.15) is 11.4 Å². The molecule has 1 aromatic rings. The van der Waals surface area contributed by atoms with Crippen LogP contribution in [-0.2, 0) is 17.8 Å². The maximum absolute atomic E-state index is 12.0. The van der Waals surface area contributed by atoms with Gasteiger partial charge in [0, 0.05) is 19.2 Å². The molecule has 0 bridgehead atoms. The van der Waals surface area contributed by atoms with Crippen LogP contribution < -0.4 is 5.73 Å². The number of aromatic nitrogens is 2. The van der Waals surface area contributed by atoms with Crippen LogP contribution in [-0.4, -0.2) is 32.9 Å². The summed E-state index contributed by atoms with van der Waals surface area (Å²) in [4.78, 5) is 13.7. The Hall–Kier alpha value is -1.72. The number of nitrogen functional groups attached to an aromatic ring is 1. The van der Waals surface area contributed by atoms with Gasteiger partial charge in [-0.15, -0.1) is 0 Å². The molecular weight excluding hydrogens is 232 g/mol. The molecule has 0 radical (unpaired) electrons. The summed E-state index contributed by atoms with van der Waals surface area (Å²) in [6, 6.07) is 1.81. The highest BCUT2D eigenvalue weighted by Crippen LogP contribution is 2.17. The fourth-order valence-electron chi connectivity index (χ4n) is 1.97. The van der Waals surface area contributed by atoms with Gasteiger partial charge in [-0.25, -0.2) is 4.79 Å². The van der Waals surface area contributed by atoms with Gasteiger partial charge in [0.2, 0.25) is 0 Å². The molecule has 6 nitrogen and oxygen atoms in total. The number of carbonyl (C=O) groups excluding carboxylic acids is 1. The van der Waals surface area contributed by atoms with Crippen LogP contribution in [0.5, 0.6) is 0 Å². The Morgan fingerprint density at radius 3 is 2.83 bits per heavy atom. The van der Waals surface area contributed by atoms with Gasteiger partial charge in [0.25, 0.3) is 0 Å². The summed E-state index contributed by atoms with van der Waals surface area (Å²) in [5.41, 5.74) is 6.15. The molecule has 0 saturated heterocycles. The van der Waals surface area contributed by atoms with Crippen LogP contribution in [0.2, 0.25) is 0 Å². The van der Waals surface area contributed by atoms with Gasteiger partial charge >= 0.3 is 6.09 Å². The van der Waals surface area contributed by atoms with Gasteiger partial charge in [-0.3, -0.25) is 4.68 Å². The van der Waals surface area contributed by atoms with E-state index in [-0.39, 0.29) is 6.09 Å².